The number of primary amides is 2. The fourth-order valence-electron chi connectivity index (χ4n) is 5.28. The highest BCUT2D eigenvalue weighted by Crippen LogP contribution is 2.24. The van der Waals surface area contributed by atoms with Gasteiger partial charge in [-0.25, -0.2) is 20.4 Å². The molecule has 0 aromatic rings. The Morgan fingerprint density at radius 1 is 0.658 bits per heavy atom. The molecule has 0 aromatic carbocycles. The number of quaternary nitrogens is 2. The Hall–Kier alpha value is -3.08. The zero-order valence-electron chi connectivity index (χ0n) is 21.7. The predicted octanol–water partition coefficient (Wildman–Crippen LogP) is -8.06. The molecule has 0 unspecified atom stereocenters. The number of piperazine rings is 3. The van der Waals surface area contributed by atoms with Gasteiger partial charge in [-0.3, -0.25) is 0 Å². The smallest absolute Gasteiger partial charge is 0.332 e. The van der Waals surface area contributed by atoms with Crippen molar-refractivity contribution in [1.29, 1.82) is 0 Å². The molecule has 0 saturated carbocycles. The van der Waals surface area contributed by atoms with E-state index in [9.17, 15) is 20.0 Å². The molecule has 16 nitrogen and oxygen atoms in total. The van der Waals surface area contributed by atoms with Gasteiger partial charge in [0, 0.05) is 0 Å². The van der Waals surface area contributed by atoms with Crippen LogP contribution in [0, 0.1) is 0 Å². The van der Waals surface area contributed by atoms with Gasteiger partial charge in [0.2, 0.25) is 0 Å². The molecule has 0 aliphatic carbocycles. The van der Waals surface area contributed by atoms with E-state index in [1.165, 1.54) is 0 Å². The van der Waals surface area contributed by atoms with Crippen LogP contribution in [0.25, 0.3) is 0 Å². The molecule has 8 N–H and O–H groups in total. The molecule has 0 atom stereocenters. The third kappa shape index (κ3) is 7.96. The van der Waals surface area contributed by atoms with Crippen LogP contribution in [0.4, 0.5) is 9.59 Å². The maximum absolute atomic E-state index is 10.9. The van der Waals surface area contributed by atoms with Crippen molar-refractivity contribution in [3.63, 3.8) is 0 Å². The maximum Gasteiger partial charge on any atom is 0.332 e. The Morgan fingerprint density at radius 2 is 0.947 bits per heavy atom. The van der Waals surface area contributed by atoms with E-state index in [1.807, 2.05) is 9.80 Å². The summed E-state index contributed by atoms with van der Waals surface area (Å²) in [7, 11) is 0. The van der Waals surface area contributed by atoms with Crippen molar-refractivity contribution in [2.75, 3.05) is 78.5 Å². The first kappa shape index (κ1) is 32.9. The standard InChI is InChI=1S/C20H36N12O4.2ClH/c1-15(23-25-19(21)33)17(27-35)29-3-7-31(8-4-29)11-13-32(14-12-31)9-5-30(6-10-32)18(28-36)16(2)24-26-20(22)34;;/h3-14H2,1-2H3,(H6-2,21,22,23,24,25,26,27,28,33,34,35,36);2*1H. The van der Waals surface area contributed by atoms with Crippen molar-refractivity contribution in [3.8, 4) is 0 Å². The van der Waals surface area contributed by atoms with Crippen LogP contribution in [-0.2, 0) is 0 Å². The molecule has 0 aromatic heterocycles. The number of urea groups is 2. The van der Waals surface area contributed by atoms with Gasteiger partial charge in [-0.15, -0.1) is 0 Å². The number of amides is 4. The van der Waals surface area contributed by atoms with Gasteiger partial charge in [0.05, 0.1) is 52.4 Å². The largest absolute Gasteiger partial charge is 1.00 e. The Morgan fingerprint density at radius 3 is 1.18 bits per heavy atom. The first-order valence-electron chi connectivity index (χ1n) is 12.0. The van der Waals surface area contributed by atoms with Gasteiger partial charge in [-0.05, 0) is 13.8 Å². The van der Waals surface area contributed by atoms with E-state index in [0.29, 0.717) is 23.1 Å². The number of amidine groups is 2. The van der Waals surface area contributed by atoms with Crippen LogP contribution in [0.2, 0.25) is 0 Å². The highest BCUT2D eigenvalue weighted by molar-refractivity contribution is 6.40. The number of halogens is 2. The SMILES string of the molecule is CC(=N\NC(N)=O)/C(=N\O)N1CC[N+]2(CC1)CC[N+]1(CCN(C(=N/O)/C(C)=N/NC(N)=O)CC1)CC2.[Cl-].[Cl-]. The molecule has 3 heterocycles. The summed E-state index contributed by atoms with van der Waals surface area (Å²) in [5.74, 6) is 0.675. The normalized spacial score (nSPS) is 21.8. The van der Waals surface area contributed by atoms with E-state index in [1.54, 1.807) is 13.8 Å². The van der Waals surface area contributed by atoms with Crippen molar-refractivity contribution in [2.45, 2.75) is 13.8 Å². The van der Waals surface area contributed by atoms with Crippen molar-refractivity contribution >= 4 is 35.2 Å². The van der Waals surface area contributed by atoms with Gasteiger partial charge >= 0.3 is 12.1 Å². The minimum Gasteiger partial charge on any atom is -1.00 e. The van der Waals surface area contributed by atoms with Crippen LogP contribution in [-0.4, -0.2) is 143 Å². The molecule has 18 heteroatoms. The number of rotatable bonds is 4. The average molecular weight is 582 g/mol. The molecule has 216 valence electrons. The number of hydrogen-bond acceptors (Lipinski definition) is 8. The lowest BCUT2D eigenvalue weighted by Crippen LogP contribution is -3.00. The highest BCUT2D eigenvalue weighted by Gasteiger charge is 2.46. The van der Waals surface area contributed by atoms with Crippen molar-refractivity contribution < 1.29 is 53.8 Å². The lowest BCUT2D eigenvalue weighted by Gasteiger charge is -2.54. The molecule has 4 amide bonds. The molecule has 3 fully saturated rings. The van der Waals surface area contributed by atoms with Gasteiger partial charge in [0.15, 0.2) is 11.7 Å². The van der Waals surface area contributed by atoms with E-state index in [-0.39, 0.29) is 24.8 Å². The zero-order valence-corrected chi connectivity index (χ0v) is 23.2. The minimum atomic E-state index is -0.774. The topological polar surface area (TPSA) is 207 Å². The van der Waals surface area contributed by atoms with Crippen molar-refractivity contribution in [2.24, 2.45) is 32.0 Å². The van der Waals surface area contributed by atoms with Gasteiger partial charge in [0.1, 0.15) is 37.6 Å². The van der Waals surface area contributed by atoms with Crippen LogP contribution in [0.5, 0.6) is 0 Å². The molecule has 0 bridgehead atoms. The first-order valence-corrected chi connectivity index (χ1v) is 12.0. The second-order valence-corrected chi connectivity index (χ2v) is 9.64. The second kappa shape index (κ2) is 14.2. The fourth-order valence-corrected chi connectivity index (χ4v) is 5.28. The quantitative estimate of drug-likeness (QED) is 0.0625. The lowest BCUT2D eigenvalue weighted by molar-refractivity contribution is -1.03. The number of carbonyl (C=O) groups excluding carboxylic acids is 2. The van der Waals surface area contributed by atoms with Crippen LogP contribution < -0.4 is 47.1 Å². The summed E-state index contributed by atoms with van der Waals surface area (Å²) in [5.41, 5.74) is 15.2. The van der Waals surface area contributed by atoms with E-state index < -0.39 is 12.1 Å². The summed E-state index contributed by atoms with van der Waals surface area (Å²) in [4.78, 5) is 25.8. The van der Waals surface area contributed by atoms with E-state index in [0.717, 1.165) is 87.5 Å². The van der Waals surface area contributed by atoms with Gasteiger partial charge < -0.3 is 65.5 Å². The number of carbonyl (C=O) groups is 2. The van der Waals surface area contributed by atoms with Gasteiger partial charge in [-0.1, -0.05) is 10.3 Å². The van der Waals surface area contributed by atoms with Gasteiger partial charge in [-0.2, -0.15) is 10.2 Å². The zero-order chi connectivity index (χ0) is 26.3. The van der Waals surface area contributed by atoms with Crippen LogP contribution in [0.15, 0.2) is 20.5 Å². The molecule has 3 aliphatic heterocycles. The molecule has 3 saturated heterocycles. The minimum absolute atomic E-state index is 0. The van der Waals surface area contributed by atoms with E-state index in [4.69, 9.17) is 11.5 Å². The summed E-state index contributed by atoms with van der Waals surface area (Å²) < 4.78 is 2.06. The van der Waals surface area contributed by atoms with Gasteiger partial charge in [0.25, 0.3) is 0 Å². The Bertz CT molecular complexity index is 870. The van der Waals surface area contributed by atoms with E-state index >= 15 is 0 Å². The monoisotopic (exact) mass is 580 g/mol. The summed E-state index contributed by atoms with van der Waals surface area (Å²) >= 11 is 0. The maximum atomic E-state index is 10.9. The van der Waals surface area contributed by atoms with Crippen LogP contribution in [0.3, 0.4) is 0 Å². The molecule has 0 radical (unpaired) electrons. The molecule has 2 spiro atoms. The molecular weight excluding hydrogens is 543 g/mol. The summed E-state index contributed by atoms with van der Waals surface area (Å²) in [6.45, 7) is 14.2. The second-order valence-electron chi connectivity index (χ2n) is 9.64. The summed E-state index contributed by atoms with van der Waals surface area (Å²) in [5, 5.41) is 33.5. The number of oxime groups is 2. The highest BCUT2D eigenvalue weighted by atomic mass is 35.5. The van der Waals surface area contributed by atoms with Crippen molar-refractivity contribution in [1.82, 2.24) is 20.7 Å². The lowest BCUT2D eigenvalue weighted by atomic mass is 10.1. The number of nitrogens with one attached hydrogen (secondary N) is 2. The molecule has 38 heavy (non-hydrogen) atoms. The van der Waals surface area contributed by atoms with Crippen LogP contribution in [0.1, 0.15) is 13.8 Å². The summed E-state index contributed by atoms with van der Waals surface area (Å²) in [6, 6.07) is -1.55. The molecule has 3 rings (SSSR count). The Labute approximate surface area is 234 Å². The van der Waals surface area contributed by atoms with Crippen LogP contribution >= 0.6 is 0 Å². The number of hydrogen-bond donors (Lipinski definition) is 6. The number of hydrazone groups is 2. The molecule has 3 aliphatic rings. The van der Waals surface area contributed by atoms with Crippen molar-refractivity contribution in [3.05, 3.63) is 0 Å². The molecular formula is C20H38Cl2N12O4. The fraction of sp³-hybridized carbons (Fsp3) is 0.700. The van der Waals surface area contributed by atoms with E-state index in [2.05, 4.69) is 31.4 Å². The first-order chi connectivity index (χ1) is 17.1. The predicted molar refractivity (Wildman–Crippen MR) is 133 cm³/mol. The summed E-state index contributed by atoms with van der Waals surface area (Å²) in [6.07, 6.45) is 0. The average Bonchev–Trinajstić information content (AvgIpc) is 2.87. The number of nitrogens with two attached hydrogens (primary N) is 2. The Kier molecular flexibility index (Phi) is 12.3. The number of nitrogens with zero attached hydrogens (tertiary/aromatic N) is 8. The third-order valence-corrected chi connectivity index (χ3v) is 7.58. The third-order valence-electron chi connectivity index (χ3n) is 7.58. The Balaban J connectivity index is 0.00000361.